The van der Waals surface area contributed by atoms with Crippen LogP contribution in [0.4, 0.5) is 11.4 Å². The molecule has 3 nitrogen and oxygen atoms in total. The van der Waals surface area contributed by atoms with Crippen LogP contribution in [0.2, 0.25) is 0 Å². The highest BCUT2D eigenvalue weighted by molar-refractivity contribution is 9.10. The molecular formula is C18H21BrN2O. The molecule has 0 aliphatic rings. The summed E-state index contributed by atoms with van der Waals surface area (Å²) in [6, 6.07) is 15.2. The summed E-state index contributed by atoms with van der Waals surface area (Å²) >= 11 is 3.40. The zero-order valence-corrected chi connectivity index (χ0v) is 14.5. The summed E-state index contributed by atoms with van der Waals surface area (Å²) in [5.74, 6) is 0.553. The first-order valence-corrected chi connectivity index (χ1v) is 8.25. The molecule has 4 heteroatoms. The number of hydrogen-bond acceptors (Lipinski definition) is 2. The van der Waals surface area contributed by atoms with E-state index >= 15 is 0 Å². The topological polar surface area (TPSA) is 41.1 Å². The maximum atomic E-state index is 12.3. The molecule has 0 fully saturated rings. The Labute approximate surface area is 140 Å². The van der Waals surface area contributed by atoms with Gasteiger partial charge < -0.3 is 10.6 Å². The van der Waals surface area contributed by atoms with Crippen molar-refractivity contribution in [3.8, 4) is 0 Å². The fourth-order valence-electron chi connectivity index (χ4n) is 2.06. The van der Waals surface area contributed by atoms with Crippen LogP contribution in [0.3, 0.4) is 0 Å². The SMILES string of the molecule is CC(C)CCNc1cccc(NC(=O)c2ccccc2Br)c1. The van der Waals surface area contributed by atoms with Crippen LogP contribution < -0.4 is 10.6 Å². The molecule has 0 heterocycles. The third-order valence-electron chi connectivity index (χ3n) is 3.29. The minimum Gasteiger partial charge on any atom is -0.385 e. The average Bonchev–Trinajstić information content (AvgIpc) is 2.47. The van der Waals surface area contributed by atoms with Crippen LogP contribution in [0.15, 0.2) is 53.0 Å². The van der Waals surface area contributed by atoms with Crippen LogP contribution >= 0.6 is 15.9 Å². The van der Waals surface area contributed by atoms with Gasteiger partial charge in [0, 0.05) is 22.4 Å². The smallest absolute Gasteiger partial charge is 0.256 e. The summed E-state index contributed by atoms with van der Waals surface area (Å²) < 4.78 is 0.790. The molecule has 0 unspecified atom stereocenters. The van der Waals surface area contributed by atoms with Crippen LogP contribution in [0, 0.1) is 5.92 Å². The molecule has 0 aromatic heterocycles. The molecule has 2 aromatic rings. The van der Waals surface area contributed by atoms with E-state index in [9.17, 15) is 4.79 Å². The molecule has 0 atom stereocenters. The molecule has 2 aromatic carbocycles. The van der Waals surface area contributed by atoms with Gasteiger partial charge in [0.05, 0.1) is 5.56 Å². The zero-order valence-electron chi connectivity index (χ0n) is 12.9. The van der Waals surface area contributed by atoms with Gasteiger partial charge in [0.15, 0.2) is 0 Å². The summed E-state index contributed by atoms with van der Waals surface area (Å²) in [6.45, 7) is 5.34. The van der Waals surface area contributed by atoms with Gasteiger partial charge in [-0.2, -0.15) is 0 Å². The molecule has 0 saturated carbocycles. The molecule has 2 rings (SSSR count). The maximum absolute atomic E-state index is 12.3. The number of hydrogen-bond donors (Lipinski definition) is 2. The lowest BCUT2D eigenvalue weighted by molar-refractivity contribution is 0.102. The molecule has 0 radical (unpaired) electrons. The summed E-state index contributed by atoms with van der Waals surface area (Å²) in [5, 5.41) is 6.31. The van der Waals surface area contributed by atoms with Gasteiger partial charge >= 0.3 is 0 Å². The van der Waals surface area contributed by atoms with Crippen molar-refractivity contribution >= 4 is 33.2 Å². The van der Waals surface area contributed by atoms with Crippen molar-refractivity contribution < 1.29 is 4.79 Å². The monoisotopic (exact) mass is 360 g/mol. The second-order valence-corrected chi connectivity index (χ2v) is 6.48. The number of halogens is 1. The van der Waals surface area contributed by atoms with Gasteiger partial charge in [0.1, 0.15) is 0 Å². The average molecular weight is 361 g/mol. The predicted octanol–water partition coefficient (Wildman–Crippen LogP) is 5.16. The van der Waals surface area contributed by atoms with Crippen molar-refractivity contribution in [3.63, 3.8) is 0 Å². The first kappa shape index (κ1) is 16.6. The van der Waals surface area contributed by atoms with E-state index in [0.717, 1.165) is 28.8 Å². The highest BCUT2D eigenvalue weighted by Crippen LogP contribution is 2.20. The molecule has 0 aliphatic carbocycles. The Balaban J connectivity index is 2.01. The number of carbonyl (C=O) groups is 1. The fourth-order valence-corrected chi connectivity index (χ4v) is 2.52. The second kappa shape index (κ2) is 7.99. The van der Waals surface area contributed by atoms with E-state index in [1.807, 2.05) is 42.5 Å². The number of carbonyl (C=O) groups excluding carboxylic acids is 1. The Morgan fingerprint density at radius 3 is 2.55 bits per heavy atom. The van der Waals surface area contributed by atoms with Crippen LogP contribution in [0.5, 0.6) is 0 Å². The van der Waals surface area contributed by atoms with Gasteiger partial charge in [0.2, 0.25) is 0 Å². The van der Waals surface area contributed by atoms with Crippen molar-refractivity contribution in [3.05, 3.63) is 58.6 Å². The van der Waals surface area contributed by atoms with E-state index in [4.69, 9.17) is 0 Å². The number of anilines is 2. The Morgan fingerprint density at radius 1 is 1.09 bits per heavy atom. The van der Waals surface area contributed by atoms with Crippen LogP contribution in [0.1, 0.15) is 30.6 Å². The molecule has 22 heavy (non-hydrogen) atoms. The largest absolute Gasteiger partial charge is 0.385 e. The van der Waals surface area contributed by atoms with Crippen molar-refractivity contribution in [2.45, 2.75) is 20.3 Å². The second-order valence-electron chi connectivity index (χ2n) is 5.62. The van der Waals surface area contributed by atoms with E-state index in [0.29, 0.717) is 11.5 Å². The lowest BCUT2D eigenvalue weighted by Gasteiger charge is -2.11. The van der Waals surface area contributed by atoms with Gasteiger partial charge in [-0.3, -0.25) is 4.79 Å². The van der Waals surface area contributed by atoms with E-state index in [-0.39, 0.29) is 5.91 Å². The minimum absolute atomic E-state index is 0.119. The van der Waals surface area contributed by atoms with E-state index in [1.54, 1.807) is 6.07 Å². The quantitative estimate of drug-likeness (QED) is 0.746. The third-order valence-corrected chi connectivity index (χ3v) is 3.98. The molecule has 0 bridgehead atoms. The van der Waals surface area contributed by atoms with Crippen LogP contribution in [-0.2, 0) is 0 Å². The highest BCUT2D eigenvalue weighted by Gasteiger charge is 2.09. The first-order valence-electron chi connectivity index (χ1n) is 7.46. The molecule has 0 spiro atoms. The summed E-state index contributed by atoms with van der Waals surface area (Å²) in [5.41, 5.74) is 2.43. The van der Waals surface area contributed by atoms with E-state index in [2.05, 4.69) is 40.4 Å². The van der Waals surface area contributed by atoms with Gasteiger partial charge in [0.25, 0.3) is 5.91 Å². The van der Waals surface area contributed by atoms with Gasteiger partial charge in [-0.15, -0.1) is 0 Å². The Morgan fingerprint density at radius 2 is 1.82 bits per heavy atom. The lowest BCUT2D eigenvalue weighted by atomic mass is 10.1. The molecule has 0 saturated heterocycles. The standard InChI is InChI=1S/C18H21BrN2O/c1-13(2)10-11-20-14-6-5-7-15(12-14)21-18(22)16-8-3-4-9-17(16)19/h3-9,12-13,20H,10-11H2,1-2H3,(H,21,22). The van der Waals surface area contributed by atoms with Crippen molar-refractivity contribution in [1.82, 2.24) is 0 Å². The number of benzene rings is 2. The van der Waals surface area contributed by atoms with Gasteiger partial charge in [-0.1, -0.05) is 32.0 Å². The van der Waals surface area contributed by atoms with Crippen LogP contribution in [0.25, 0.3) is 0 Å². The van der Waals surface area contributed by atoms with Crippen molar-refractivity contribution in [1.29, 1.82) is 0 Å². The van der Waals surface area contributed by atoms with Crippen LogP contribution in [-0.4, -0.2) is 12.5 Å². The Kier molecular flexibility index (Phi) is 6.01. The summed E-state index contributed by atoms with van der Waals surface area (Å²) in [6.07, 6.45) is 1.12. The van der Waals surface area contributed by atoms with E-state index in [1.165, 1.54) is 0 Å². The predicted molar refractivity (Wildman–Crippen MR) is 96.5 cm³/mol. The lowest BCUT2D eigenvalue weighted by Crippen LogP contribution is -2.12. The zero-order chi connectivity index (χ0) is 15.9. The Hall–Kier alpha value is -1.81. The molecule has 0 aliphatic heterocycles. The molecule has 1 amide bonds. The van der Waals surface area contributed by atoms with Crippen molar-refractivity contribution in [2.24, 2.45) is 5.92 Å². The van der Waals surface area contributed by atoms with Crippen molar-refractivity contribution in [2.75, 3.05) is 17.2 Å². The number of amides is 1. The first-order chi connectivity index (χ1) is 10.6. The molecule has 116 valence electrons. The molecular weight excluding hydrogens is 340 g/mol. The summed E-state index contributed by atoms with van der Waals surface area (Å²) in [4.78, 5) is 12.3. The van der Waals surface area contributed by atoms with E-state index < -0.39 is 0 Å². The highest BCUT2D eigenvalue weighted by atomic mass is 79.9. The normalized spacial score (nSPS) is 10.5. The third kappa shape index (κ3) is 4.88. The summed E-state index contributed by atoms with van der Waals surface area (Å²) in [7, 11) is 0. The minimum atomic E-state index is -0.119. The van der Waals surface area contributed by atoms with Gasteiger partial charge in [-0.05, 0) is 58.6 Å². The molecule has 2 N–H and O–H groups in total. The maximum Gasteiger partial charge on any atom is 0.256 e. The Bertz CT molecular complexity index is 640. The fraction of sp³-hybridized carbons (Fsp3) is 0.278. The number of nitrogens with one attached hydrogen (secondary N) is 2. The van der Waals surface area contributed by atoms with Gasteiger partial charge in [-0.25, -0.2) is 0 Å². The number of rotatable bonds is 6.